The highest BCUT2D eigenvalue weighted by molar-refractivity contribution is 7.12. The van der Waals surface area contributed by atoms with Crippen LogP contribution in [0.15, 0.2) is 78.0 Å². The third kappa shape index (κ3) is 3.55. The van der Waals surface area contributed by atoms with Crippen molar-refractivity contribution in [2.75, 3.05) is 0 Å². The Kier molecular flexibility index (Phi) is 5.03. The first-order valence-corrected chi connectivity index (χ1v) is 12.3. The van der Waals surface area contributed by atoms with E-state index >= 15 is 0 Å². The van der Waals surface area contributed by atoms with Crippen LogP contribution in [0.4, 0.5) is 0 Å². The fourth-order valence-electron chi connectivity index (χ4n) is 5.07. The summed E-state index contributed by atoms with van der Waals surface area (Å²) in [7, 11) is 2.00. The third-order valence-electron chi connectivity index (χ3n) is 6.69. The quantitative estimate of drug-likeness (QED) is 0.338. The van der Waals surface area contributed by atoms with Gasteiger partial charge in [-0.3, -0.25) is 9.97 Å². The lowest BCUT2D eigenvalue weighted by Crippen LogP contribution is -2.31. The average molecular weight is 452 g/mol. The molecule has 0 saturated heterocycles. The first-order valence-electron chi connectivity index (χ1n) is 11.5. The molecule has 0 N–H and O–H groups in total. The molecule has 0 bridgehead atoms. The Hall–Kier alpha value is -3.38. The summed E-state index contributed by atoms with van der Waals surface area (Å²) in [5.41, 5.74) is 4.06. The average Bonchev–Trinajstić information content (AvgIpc) is 3.23. The van der Waals surface area contributed by atoms with E-state index in [0.717, 1.165) is 44.6 Å². The maximum atomic E-state index is 5.45. The Morgan fingerprint density at radius 2 is 1.48 bits per heavy atom. The van der Waals surface area contributed by atoms with Crippen molar-refractivity contribution >= 4 is 33.1 Å². The highest BCUT2D eigenvalue weighted by atomic mass is 32.1. The van der Waals surface area contributed by atoms with Gasteiger partial charge in [-0.15, -0.1) is 0 Å². The smallest absolute Gasteiger partial charge is 0.204 e. The van der Waals surface area contributed by atoms with Crippen LogP contribution in [-0.4, -0.2) is 19.7 Å². The molecule has 0 atom stereocenters. The van der Waals surface area contributed by atoms with Crippen LogP contribution in [0.3, 0.4) is 0 Å². The van der Waals surface area contributed by atoms with Gasteiger partial charge in [-0.05, 0) is 31.0 Å². The van der Waals surface area contributed by atoms with Crippen molar-refractivity contribution in [2.45, 2.75) is 37.6 Å². The van der Waals surface area contributed by atoms with Crippen LogP contribution < -0.4 is 4.80 Å². The van der Waals surface area contributed by atoms with Gasteiger partial charge in [-0.1, -0.05) is 73.1 Å². The molecular weight excluding hydrogens is 426 g/mol. The summed E-state index contributed by atoms with van der Waals surface area (Å²) in [5, 5.41) is 8.11. The molecule has 0 aliphatic heterocycles. The van der Waals surface area contributed by atoms with Gasteiger partial charge in [-0.2, -0.15) is 5.10 Å². The molecule has 5 nitrogen and oxygen atoms in total. The number of hydrogen-bond donors (Lipinski definition) is 0. The summed E-state index contributed by atoms with van der Waals surface area (Å²) in [5.74, 6) is 0. The van der Waals surface area contributed by atoms with E-state index < -0.39 is 0 Å². The minimum absolute atomic E-state index is 0.273. The van der Waals surface area contributed by atoms with Gasteiger partial charge in [0.2, 0.25) is 4.80 Å². The Labute approximate surface area is 196 Å². The molecule has 1 saturated carbocycles. The predicted octanol–water partition coefficient (Wildman–Crippen LogP) is 6.01. The van der Waals surface area contributed by atoms with Crippen molar-refractivity contribution < 1.29 is 0 Å². The molecule has 0 unspecified atom stereocenters. The number of pyridine rings is 2. The minimum atomic E-state index is -0.273. The normalized spacial score (nSPS) is 16.5. The molecule has 164 valence electrons. The molecule has 2 aromatic carbocycles. The van der Waals surface area contributed by atoms with Crippen LogP contribution in [0, 0.1) is 0 Å². The van der Waals surface area contributed by atoms with Crippen molar-refractivity contribution in [1.29, 1.82) is 0 Å². The molecule has 1 aliphatic rings. The number of para-hydroxylation sites is 2. The first-order chi connectivity index (χ1) is 16.2. The molecule has 0 spiro atoms. The van der Waals surface area contributed by atoms with Gasteiger partial charge in [0.15, 0.2) is 0 Å². The van der Waals surface area contributed by atoms with Crippen LogP contribution in [-0.2, 0) is 12.6 Å². The van der Waals surface area contributed by atoms with Crippen LogP contribution in [0.25, 0.3) is 32.4 Å². The van der Waals surface area contributed by atoms with Crippen LogP contribution >= 0.6 is 11.3 Å². The molecular formula is C27H25N5S. The Bertz CT molecular complexity index is 1510. The fraction of sp³-hybridized carbons (Fsp3) is 0.259. The summed E-state index contributed by atoms with van der Waals surface area (Å²) in [6.07, 6.45) is 9.41. The van der Waals surface area contributed by atoms with E-state index in [2.05, 4.69) is 53.5 Å². The lowest BCUT2D eigenvalue weighted by atomic mass is 9.76. The number of hydrogen-bond acceptors (Lipinski definition) is 5. The van der Waals surface area contributed by atoms with Crippen LogP contribution in [0.2, 0.25) is 0 Å². The molecule has 0 radical (unpaired) electrons. The van der Waals surface area contributed by atoms with Crippen molar-refractivity contribution in [3.8, 4) is 10.6 Å². The van der Waals surface area contributed by atoms with Gasteiger partial charge >= 0.3 is 0 Å². The lowest BCUT2D eigenvalue weighted by molar-refractivity contribution is 0.298. The molecule has 0 amide bonds. The van der Waals surface area contributed by atoms with E-state index in [-0.39, 0.29) is 5.54 Å². The molecule has 3 aromatic heterocycles. The summed E-state index contributed by atoms with van der Waals surface area (Å²) in [4.78, 5) is 15.8. The topological polar surface area (TPSA) is 56.0 Å². The highest BCUT2D eigenvalue weighted by Gasteiger charge is 2.35. The SMILES string of the molecule is Cn1nc(-c2cccc3cccnc23)sc1=NC1(c2cccc3cccnc23)CCCCC1. The number of benzene rings is 2. The van der Waals surface area contributed by atoms with E-state index in [9.17, 15) is 0 Å². The molecule has 3 heterocycles. The van der Waals surface area contributed by atoms with Crippen molar-refractivity contribution in [3.63, 3.8) is 0 Å². The van der Waals surface area contributed by atoms with Gasteiger partial charge in [0.05, 0.1) is 16.6 Å². The number of aromatic nitrogens is 4. The maximum absolute atomic E-state index is 5.45. The summed E-state index contributed by atoms with van der Waals surface area (Å²) in [6.45, 7) is 0. The predicted molar refractivity (Wildman–Crippen MR) is 134 cm³/mol. The second kappa shape index (κ2) is 8.19. The Morgan fingerprint density at radius 3 is 2.27 bits per heavy atom. The van der Waals surface area contributed by atoms with Gasteiger partial charge in [0.1, 0.15) is 5.01 Å². The number of fused-ring (bicyclic) bond motifs is 2. The van der Waals surface area contributed by atoms with E-state index in [1.54, 1.807) is 11.3 Å². The monoisotopic (exact) mass is 451 g/mol. The maximum Gasteiger partial charge on any atom is 0.204 e. The molecule has 1 fully saturated rings. The minimum Gasteiger partial charge on any atom is -0.256 e. The van der Waals surface area contributed by atoms with E-state index in [0.29, 0.717) is 0 Å². The summed E-state index contributed by atoms with van der Waals surface area (Å²) in [6, 6.07) is 21.0. The fourth-order valence-corrected chi connectivity index (χ4v) is 6.08. The van der Waals surface area contributed by atoms with Crippen molar-refractivity contribution in [2.24, 2.45) is 12.0 Å². The van der Waals surface area contributed by atoms with Gasteiger partial charge in [0.25, 0.3) is 0 Å². The molecule has 5 aromatic rings. The second-order valence-electron chi connectivity index (χ2n) is 8.78. The Balaban J connectivity index is 1.54. The van der Waals surface area contributed by atoms with Crippen LogP contribution in [0.1, 0.15) is 37.7 Å². The van der Waals surface area contributed by atoms with Crippen LogP contribution in [0.5, 0.6) is 0 Å². The number of rotatable bonds is 3. The molecule has 6 heteroatoms. The van der Waals surface area contributed by atoms with E-state index in [1.165, 1.54) is 30.2 Å². The molecule has 33 heavy (non-hydrogen) atoms. The third-order valence-corrected chi connectivity index (χ3v) is 7.73. The first kappa shape index (κ1) is 20.2. The zero-order valence-corrected chi connectivity index (χ0v) is 19.4. The number of nitrogens with zero attached hydrogens (tertiary/aromatic N) is 5. The van der Waals surface area contributed by atoms with Crippen molar-refractivity contribution in [3.05, 3.63) is 83.4 Å². The second-order valence-corrected chi connectivity index (χ2v) is 9.73. The lowest BCUT2D eigenvalue weighted by Gasteiger charge is -2.34. The molecule has 6 rings (SSSR count). The van der Waals surface area contributed by atoms with E-state index in [4.69, 9.17) is 15.1 Å². The zero-order chi connectivity index (χ0) is 22.3. The van der Waals surface area contributed by atoms with Gasteiger partial charge in [-0.25, -0.2) is 9.67 Å². The largest absolute Gasteiger partial charge is 0.256 e. The molecule has 1 aliphatic carbocycles. The summed E-state index contributed by atoms with van der Waals surface area (Å²) >= 11 is 1.64. The zero-order valence-electron chi connectivity index (χ0n) is 18.6. The summed E-state index contributed by atoms with van der Waals surface area (Å²) < 4.78 is 1.93. The number of aryl methyl sites for hydroxylation is 1. The standard InChI is InChI=1S/C27H25N5S/c1-32-26(33-25(31-32)21-13-5-9-19-11-7-17-28-23(19)21)30-27(15-3-2-4-16-27)22-14-6-10-20-12-8-18-29-24(20)22/h5-14,17-18H,2-4,15-16H2,1H3. The Morgan fingerprint density at radius 1 is 0.818 bits per heavy atom. The van der Waals surface area contributed by atoms with E-state index in [1.807, 2.05) is 36.3 Å². The van der Waals surface area contributed by atoms with Gasteiger partial charge < -0.3 is 0 Å². The highest BCUT2D eigenvalue weighted by Crippen LogP contribution is 2.43. The van der Waals surface area contributed by atoms with Crippen molar-refractivity contribution in [1.82, 2.24) is 19.7 Å². The van der Waals surface area contributed by atoms with Gasteiger partial charge in [0, 0.05) is 41.3 Å².